The van der Waals surface area contributed by atoms with Gasteiger partial charge in [0.2, 0.25) is 0 Å². The molecule has 0 bridgehead atoms. The molecule has 1 aliphatic rings. The number of fused-ring (bicyclic) bond motifs is 1. The van der Waals surface area contributed by atoms with Crippen molar-refractivity contribution < 1.29 is 24.2 Å². The number of amides is 1. The molecule has 0 saturated carbocycles. The van der Waals surface area contributed by atoms with Crippen molar-refractivity contribution in [1.29, 1.82) is 0 Å². The number of ether oxygens (including phenoxy) is 2. The van der Waals surface area contributed by atoms with E-state index in [1.54, 1.807) is 18.2 Å². The third-order valence-electron chi connectivity index (χ3n) is 2.88. The van der Waals surface area contributed by atoms with Gasteiger partial charge in [-0.05, 0) is 23.8 Å². The van der Waals surface area contributed by atoms with Crippen molar-refractivity contribution in [3.8, 4) is 5.75 Å². The molecular weight excluding hydrogens is 250 g/mol. The van der Waals surface area contributed by atoms with Gasteiger partial charge in [0, 0.05) is 12.0 Å². The number of benzene rings is 1. The minimum atomic E-state index is -1.35. The molecule has 0 spiro atoms. The van der Waals surface area contributed by atoms with Crippen LogP contribution >= 0.6 is 0 Å². The normalized spacial score (nSPS) is 14.2. The van der Waals surface area contributed by atoms with Crippen molar-refractivity contribution in [2.24, 2.45) is 0 Å². The molecule has 1 heterocycles. The zero-order valence-corrected chi connectivity index (χ0v) is 10.5. The van der Waals surface area contributed by atoms with Gasteiger partial charge in [0.1, 0.15) is 5.75 Å². The smallest absolute Gasteiger partial charge is 0.336 e. The Hall–Kier alpha value is -2.08. The lowest BCUT2D eigenvalue weighted by molar-refractivity contribution is -0.149. The topological polar surface area (TPSA) is 84.9 Å². The quantitative estimate of drug-likeness (QED) is 0.742. The van der Waals surface area contributed by atoms with Crippen LogP contribution in [0.25, 0.3) is 0 Å². The number of carbonyl (C=O) groups is 2. The summed E-state index contributed by atoms with van der Waals surface area (Å²) in [5, 5.41) is 11.8. The Bertz CT molecular complexity index is 500. The monoisotopic (exact) mass is 265 g/mol. The molecule has 1 unspecified atom stereocenters. The molecule has 0 aromatic heterocycles. The first-order chi connectivity index (χ1) is 9.11. The van der Waals surface area contributed by atoms with Crippen molar-refractivity contribution in [3.63, 3.8) is 0 Å². The van der Waals surface area contributed by atoms with E-state index in [0.717, 1.165) is 17.7 Å². The molecule has 19 heavy (non-hydrogen) atoms. The van der Waals surface area contributed by atoms with E-state index < -0.39 is 12.1 Å². The van der Waals surface area contributed by atoms with E-state index >= 15 is 0 Å². The largest absolute Gasteiger partial charge is 0.493 e. The van der Waals surface area contributed by atoms with Crippen LogP contribution in [0.4, 0.5) is 0 Å². The van der Waals surface area contributed by atoms with Gasteiger partial charge < -0.3 is 19.9 Å². The van der Waals surface area contributed by atoms with E-state index in [1.165, 1.54) is 7.11 Å². The summed E-state index contributed by atoms with van der Waals surface area (Å²) in [4.78, 5) is 22.8. The van der Waals surface area contributed by atoms with Gasteiger partial charge in [0.05, 0.1) is 20.3 Å². The predicted molar refractivity (Wildman–Crippen MR) is 66.0 cm³/mol. The molecule has 6 heteroatoms. The molecule has 102 valence electrons. The number of esters is 1. The van der Waals surface area contributed by atoms with Crippen molar-refractivity contribution in [3.05, 3.63) is 29.3 Å². The fourth-order valence-electron chi connectivity index (χ4n) is 1.84. The maximum absolute atomic E-state index is 11.8. The minimum absolute atomic E-state index is 0.181. The number of rotatable bonds is 4. The Morgan fingerprint density at radius 3 is 3.05 bits per heavy atom. The molecule has 1 aromatic carbocycles. The molecule has 1 amide bonds. The van der Waals surface area contributed by atoms with Crippen LogP contribution in [-0.2, 0) is 16.0 Å². The van der Waals surface area contributed by atoms with E-state index in [4.69, 9.17) is 4.74 Å². The standard InChI is InChI=1S/C13H15NO5/c1-18-13(17)10(15)7-14-12(16)9-2-3-11-8(6-9)4-5-19-11/h2-3,6,10,15H,4-5,7H2,1H3,(H,14,16). The highest BCUT2D eigenvalue weighted by Crippen LogP contribution is 2.25. The summed E-state index contributed by atoms with van der Waals surface area (Å²) >= 11 is 0. The van der Waals surface area contributed by atoms with Gasteiger partial charge in [-0.15, -0.1) is 0 Å². The highest BCUT2D eigenvalue weighted by atomic mass is 16.5. The maximum Gasteiger partial charge on any atom is 0.336 e. The molecule has 1 aliphatic heterocycles. The first kappa shape index (κ1) is 13.4. The Morgan fingerprint density at radius 1 is 1.53 bits per heavy atom. The van der Waals surface area contributed by atoms with E-state index in [0.29, 0.717) is 12.2 Å². The van der Waals surface area contributed by atoms with Crippen LogP contribution in [0, 0.1) is 0 Å². The number of aliphatic hydroxyl groups excluding tert-OH is 1. The zero-order valence-electron chi connectivity index (χ0n) is 10.5. The highest BCUT2D eigenvalue weighted by Gasteiger charge is 2.18. The number of hydrogen-bond donors (Lipinski definition) is 2. The van der Waals surface area contributed by atoms with Gasteiger partial charge in [0.15, 0.2) is 6.10 Å². The number of hydrogen-bond acceptors (Lipinski definition) is 5. The SMILES string of the molecule is COC(=O)C(O)CNC(=O)c1ccc2c(c1)CCO2. The second-order valence-corrected chi connectivity index (χ2v) is 4.17. The maximum atomic E-state index is 11.8. The van der Waals surface area contributed by atoms with E-state index in [-0.39, 0.29) is 12.5 Å². The third-order valence-corrected chi connectivity index (χ3v) is 2.88. The van der Waals surface area contributed by atoms with Crippen LogP contribution in [0.3, 0.4) is 0 Å². The predicted octanol–water partition coefficient (Wildman–Crippen LogP) is -0.115. The molecule has 2 rings (SSSR count). The Morgan fingerprint density at radius 2 is 2.32 bits per heavy atom. The molecule has 0 fully saturated rings. The molecule has 1 atom stereocenters. The average Bonchev–Trinajstić information content (AvgIpc) is 2.90. The lowest BCUT2D eigenvalue weighted by Gasteiger charge is -2.10. The molecule has 2 N–H and O–H groups in total. The lowest BCUT2D eigenvalue weighted by atomic mass is 10.1. The molecule has 0 aliphatic carbocycles. The molecular formula is C13H15NO5. The van der Waals surface area contributed by atoms with E-state index in [9.17, 15) is 14.7 Å². The van der Waals surface area contributed by atoms with E-state index in [2.05, 4.69) is 10.1 Å². The van der Waals surface area contributed by atoms with Gasteiger partial charge in [-0.1, -0.05) is 0 Å². The van der Waals surface area contributed by atoms with Gasteiger partial charge in [-0.25, -0.2) is 4.79 Å². The van der Waals surface area contributed by atoms with Crippen LogP contribution in [0.1, 0.15) is 15.9 Å². The second kappa shape index (κ2) is 5.71. The zero-order chi connectivity index (χ0) is 13.8. The van der Waals surface area contributed by atoms with Crippen LogP contribution < -0.4 is 10.1 Å². The number of methoxy groups -OCH3 is 1. The third kappa shape index (κ3) is 3.03. The van der Waals surface area contributed by atoms with Crippen LogP contribution in [0.5, 0.6) is 5.75 Å². The summed E-state index contributed by atoms with van der Waals surface area (Å²) in [5.41, 5.74) is 1.46. The van der Waals surface area contributed by atoms with Crippen molar-refractivity contribution in [2.75, 3.05) is 20.3 Å². The highest BCUT2D eigenvalue weighted by molar-refractivity contribution is 5.95. The number of nitrogens with one attached hydrogen (secondary N) is 1. The first-order valence-electron chi connectivity index (χ1n) is 5.91. The number of aliphatic hydroxyl groups is 1. The Labute approximate surface area is 110 Å². The Balaban J connectivity index is 1.95. The summed E-state index contributed by atoms with van der Waals surface area (Å²) in [6.45, 7) is 0.445. The van der Waals surface area contributed by atoms with Crippen LogP contribution in [0.2, 0.25) is 0 Å². The summed E-state index contributed by atoms with van der Waals surface area (Å²) in [6.07, 6.45) is -0.576. The lowest BCUT2D eigenvalue weighted by Crippen LogP contribution is -2.37. The average molecular weight is 265 g/mol. The summed E-state index contributed by atoms with van der Waals surface area (Å²) in [6, 6.07) is 5.14. The van der Waals surface area contributed by atoms with Crippen molar-refractivity contribution in [1.82, 2.24) is 5.32 Å². The summed E-state index contributed by atoms with van der Waals surface area (Å²) < 4.78 is 9.70. The number of carbonyl (C=O) groups excluding carboxylic acids is 2. The minimum Gasteiger partial charge on any atom is -0.493 e. The van der Waals surface area contributed by atoms with Crippen molar-refractivity contribution >= 4 is 11.9 Å². The van der Waals surface area contributed by atoms with Gasteiger partial charge >= 0.3 is 5.97 Å². The van der Waals surface area contributed by atoms with Crippen molar-refractivity contribution in [2.45, 2.75) is 12.5 Å². The second-order valence-electron chi connectivity index (χ2n) is 4.17. The first-order valence-corrected chi connectivity index (χ1v) is 5.91. The molecule has 6 nitrogen and oxygen atoms in total. The Kier molecular flexibility index (Phi) is 4.01. The summed E-state index contributed by atoms with van der Waals surface area (Å²) in [7, 11) is 1.17. The van der Waals surface area contributed by atoms with Gasteiger partial charge in [-0.3, -0.25) is 4.79 Å². The van der Waals surface area contributed by atoms with Gasteiger partial charge in [-0.2, -0.15) is 0 Å². The fourth-order valence-corrected chi connectivity index (χ4v) is 1.84. The van der Waals surface area contributed by atoms with Crippen LogP contribution in [0.15, 0.2) is 18.2 Å². The van der Waals surface area contributed by atoms with E-state index in [1.807, 2.05) is 0 Å². The molecule has 1 aromatic rings. The molecule has 0 saturated heterocycles. The molecule has 0 radical (unpaired) electrons. The fraction of sp³-hybridized carbons (Fsp3) is 0.385. The van der Waals surface area contributed by atoms with Crippen LogP contribution in [-0.4, -0.2) is 43.3 Å². The van der Waals surface area contributed by atoms with Gasteiger partial charge in [0.25, 0.3) is 5.91 Å². The summed E-state index contributed by atoms with van der Waals surface area (Å²) in [5.74, 6) is -0.327.